The molecule has 1 atom stereocenters. The van der Waals surface area contributed by atoms with E-state index < -0.39 is 0 Å². The predicted octanol–water partition coefficient (Wildman–Crippen LogP) is 0.122. The standard InChI is InChI=1S/C8H16N2O/c1-2-3-9-5-7-4-8(11)10-6-7/h7,9H,2-6H2,1H3,(H,10,11). The molecule has 0 bridgehead atoms. The molecule has 1 aliphatic heterocycles. The topological polar surface area (TPSA) is 41.1 Å². The minimum absolute atomic E-state index is 0.202. The van der Waals surface area contributed by atoms with E-state index in [-0.39, 0.29) is 5.91 Å². The zero-order chi connectivity index (χ0) is 8.10. The lowest BCUT2D eigenvalue weighted by Crippen LogP contribution is -2.24. The highest BCUT2D eigenvalue weighted by molar-refractivity contribution is 5.78. The molecular weight excluding hydrogens is 140 g/mol. The second-order valence-electron chi connectivity index (χ2n) is 3.08. The first kappa shape index (κ1) is 8.53. The van der Waals surface area contributed by atoms with E-state index >= 15 is 0 Å². The van der Waals surface area contributed by atoms with Gasteiger partial charge in [-0.05, 0) is 18.9 Å². The van der Waals surface area contributed by atoms with Crippen LogP contribution in [0.3, 0.4) is 0 Å². The molecule has 0 saturated carbocycles. The maximum atomic E-state index is 10.7. The van der Waals surface area contributed by atoms with Crippen LogP contribution in [0, 0.1) is 5.92 Å². The summed E-state index contributed by atoms with van der Waals surface area (Å²) < 4.78 is 0. The summed E-state index contributed by atoms with van der Waals surface area (Å²) >= 11 is 0. The summed E-state index contributed by atoms with van der Waals surface area (Å²) in [5.74, 6) is 0.724. The molecule has 0 aromatic carbocycles. The number of carbonyl (C=O) groups excluding carboxylic acids is 1. The van der Waals surface area contributed by atoms with Crippen LogP contribution in [0.5, 0.6) is 0 Å². The fourth-order valence-corrected chi connectivity index (χ4v) is 1.29. The van der Waals surface area contributed by atoms with Gasteiger partial charge >= 0.3 is 0 Å². The molecule has 1 rings (SSSR count). The summed E-state index contributed by atoms with van der Waals surface area (Å²) in [7, 11) is 0. The summed E-state index contributed by atoms with van der Waals surface area (Å²) in [6.07, 6.45) is 1.87. The minimum Gasteiger partial charge on any atom is -0.356 e. The van der Waals surface area contributed by atoms with E-state index in [0.29, 0.717) is 12.3 Å². The van der Waals surface area contributed by atoms with Gasteiger partial charge in [0.25, 0.3) is 0 Å². The molecule has 2 N–H and O–H groups in total. The molecule has 1 fully saturated rings. The van der Waals surface area contributed by atoms with E-state index in [9.17, 15) is 4.79 Å². The minimum atomic E-state index is 0.202. The average Bonchev–Trinajstić information content (AvgIpc) is 2.37. The first-order chi connectivity index (χ1) is 5.33. The van der Waals surface area contributed by atoms with E-state index in [1.807, 2.05) is 0 Å². The summed E-state index contributed by atoms with van der Waals surface area (Å²) in [5, 5.41) is 6.12. The lowest BCUT2D eigenvalue weighted by molar-refractivity contribution is -0.119. The molecule has 0 radical (unpaired) electrons. The van der Waals surface area contributed by atoms with Gasteiger partial charge in [0.15, 0.2) is 0 Å². The Kier molecular flexibility index (Phi) is 3.36. The van der Waals surface area contributed by atoms with Crippen molar-refractivity contribution in [3.63, 3.8) is 0 Å². The van der Waals surface area contributed by atoms with Crippen LogP contribution in [-0.2, 0) is 4.79 Å². The zero-order valence-corrected chi connectivity index (χ0v) is 7.02. The van der Waals surface area contributed by atoms with E-state index in [1.54, 1.807) is 0 Å². The molecule has 1 heterocycles. The number of rotatable bonds is 4. The van der Waals surface area contributed by atoms with Crippen molar-refractivity contribution in [3.05, 3.63) is 0 Å². The fourth-order valence-electron chi connectivity index (χ4n) is 1.29. The van der Waals surface area contributed by atoms with Crippen LogP contribution in [0.15, 0.2) is 0 Å². The van der Waals surface area contributed by atoms with E-state index in [4.69, 9.17) is 0 Å². The molecule has 1 aliphatic rings. The Balaban J connectivity index is 2.04. The van der Waals surface area contributed by atoms with Gasteiger partial charge < -0.3 is 10.6 Å². The monoisotopic (exact) mass is 156 g/mol. The van der Waals surface area contributed by atoms with Crippen molar-refractivity contribution in [2.24, 2.45) is 5.92 Å². The third kappa shape index (κ3) is 2.89. The quantitative estimate of drug-likeness (QED) is 0.568. The molecule has 0 spiro atoms. The Bertz CT molecular complexity index is 136. The molecule has 11 heavy (non-hydrogen) atoms. The summed E-state index contributed by atoms with van der Waals surface area (Å²) in [6.45, 7) is 5.04. The molecule has 1 unspecified atom stereocenters. The van der Waals surface area contributed by atoms with Crippen molar-refractivity contribution >= 4 is 5.91 Å². The molecular formula is C8H16N2O. The van der Waals surface area contributed by atoms with Gasteiger partial charge in [-0.15, -0.1) is 0 Å². The van der Waals surface area contributed by atoms with Gasteiger partial charge in [0, 0.05) is 19.5 Å². The zero-order valence-electron chi connectivity index (χ0n) is 7.02. The molecule has 64 valence electrons. The third-order valence-corrected chi connectivity index (χ3v) is 1.92. The smallest absolute Gasteiger partial charge is 0.220 e. The molecule has 0 aliphatic carbocycles. The molecule has 1 amide bonds. The first-order valence-electron chi connectivity index (χ1n) is 4.30. The molecule has 3 nitrogen and oxygen atoms in total. The van der Waals surface area contributed by atoms with Crippen LogP contribution in [0.4, 0.5) is 0 Å². The van der Waals surface area contributed by atoms with E-state index in [1.165, 1.54) is 0 Å². The Morgan fingerprint density at radius 2 is 2.55 bits per heavy atom. The largest absolute Gasteiger partial charge is 0.356 e. The lowest BCUT2D eigenvalue weighted by Gasteiger charge is -2.06. The highest BCUT2D eigenvalue weighted by Gasteiger charge is 2.20. The van der Waals surface area contributed by atoms with Crippen LogP contribution in [0.1, 0.15) is 19.8 Å². The Labute approximate surface area is 67.5 Å². The average molecular weight is 156 g/mol. The first-order valence-corrected chi connectivity index (χ1v) is 4.30. The maximum absolute atomic E-state index is 10.7. The van der Waals surface area contributed by atoms with Gasteiger partial charge in [-0.3, -0.25) is 4.79 Å². The van der Waals surface area contributed by atoms with Gasteiger partial charge in [0.2, 0.25) is 5.91 Å². The van der Waals surface area contributed by atoms with Gasteiger partial charge in [-0.1, -0.05) is 6.92 Å². The summed E-state index contributed by atoms with van der Waals surface area (Å²) in [6, 6.07) is 0. The molecule has 0 aromatic rings. The molecule has 3 heteroatoms. The van der Waals surface area contributed by atoms with Crippen molar-refractivity contribution < 1.29 is 4.79 Å². The van der Waals surface area contributed by atoms with Crippen LogP contribution in [-0.4, -0.2) is 25.5 Å². The van der Waals surface area contributed by atoms with Crippen LogP contribution < -0.4 is 10.6 Å². The molecule has 1 saturated heterocycles. The third-order valence-electron chi connectivity index (χ3n) is 1.92. The highest BCUT2D eigenvalue weighted by atomic mass is 16.1. The van der Waals surface area contributed by atoms with Crippen LogP contribution in [0.2, 0.25) is 0 Å². The second kappa shape index (κ2) is 4.34. The van der Waals surface area contributed by atoms with E-state index in [0.717, 1.165) is 26.1 Å². The Morgan fingerprint density at radius 3 is 3.09 bits per heavy atom. The Hall–Kier alpha value is -0.570. The summed E-state index contributed by atoms with van der Waals surface area (Å²) in [4.78, 5) is 10.7. The normalized spacial score (nSPS) is 23.7. The van der Waals surface area contributed by atoms with Crippen molar-refractivity contribution in [2.45, 2.75) is 19.8 Å². The fraction of sp³-hybridized carbons (Fsp3) is 0.875. The number of hydrogen-bond donors (Lipinski definition) is 2. The highest BCUT2D eigenvalue weighted by Crippen LogP contribution is 2.06. The van der Waals surface area contributed by atoms with Crippen molar-refractivity contribution in [3.8, 4) is 0 Å². The number of hydrogen-bond acceptors (Lipinski definition) is 2. The Morgan fingerprint density at radius 1 is 1.73 bits per heavy atom. The van der Waals surface area contributed by atoms with Gasteiger partial charge in [-0.25, -0.2) is 0 Å². The predicted molar refractivity (Wildman–Crippen MR) is 44.3 cm³/mol. The van der Waals surface area contributed by atoms with Crippen molar-refractivity contribution in [1.82, 2.24) is 10.6 Å². The number of carbonyl (C=O) groups is 1. The van der Waals surface area contributed by atoms with Gasteiger partial charge in [0.05, 0.1) is 0 Å². The van der Waals surface area contributed by atoms with Gasteiger partial charge in [-0.2, -0.15) is 0 Å². The number of nitrogens with one attached hydrogen (secondary N) is 2. The maximum Gasteiger partial charge on any atom is 0.220 e. The second-order valence-corrected chi connectivity index (χ2v) is 3.08. The van der Waals surface area contributed by atoms with Crippen molar-refractivity contribution in [1.29, 1.82) is 0 Å². The van der Waals surface area contributed by atoms with Gasteiger partial charge in [0.1, 0.15) is 0 Å². The lowest BCUT2D eigenvalue weighted by atomic mass is 10.1. The SMILES string of the molecule is CCCNCC1CNC(=O)C1. The number of amides is 1. The van der Waals surface area contributed by atoms with Crippen LogP contribution in [0.25, 0.3) is 0 Å². The molecule has 0 aromatic heterocycles. The summed E-state index contributed by atoms with van der Waals surface area (Å²) in [5.41, 5.74) is 0. The van der Waals surface area contributed by atoms with E-state index in [2.05, 4.69) is 17.6 Å². The van der Waals surface area contributed by atoms with Crippen molar-refractivity contribution in [2.75, 3.05) is 19.6 Å². The van der Waals surface area contributed by atoms with Crippen LogP contribution >= 0.6 is 0 Å².